The molecule has 0 saturated carbocycles. The standard InChI is InChI=1S/C13H19ClN2O2/c1-3-5-6-7-10(4-2)18-13(17)11-8-16-12(14)9-15-11/h8-10H,3-7H2,1-2H3/t10-/m0/s1. The lowest BCUT2D eigenvalue weighted by molar-refractivity contribution is 0.0260. The van der Waals surface area contributed by atoms with Crippen molar-refractivity contribution in [2.45, 2.75) is 52.1 Å². The molecule has 0 bridgehead atoms. The summed E-state index contributed by atoms with van der Waals surface area (Å²) in [5, 5.41) is 0.265. The largest absolute Gasteiger partial charge is 0.458 e. The first kappa shape index (κ1) is 14.9. The highest BCUT2D eigenvalue weighted by Crippen LogP contribution is 2.12. The normalized spacial score (nSPS) is 12.2. The van der Waals surface area contributed by atoms with Gasteiger partial charge in [-0.1, -0.05) is 38.3 Å². The summed E-state index contributed by atoms with van der Waals surface area (Å²) < 4.78 is 5.39. The predicted octanol–water partition coefficient (Wildman–Crippen LogP) is 3.65. The molecule has 0 aromatic carbocycles. The summed E-state index contributed by atoms with van der Waals surface area (Å²) in [6.07, 6.45) is 7.75. The van der Waals surface area contributed by atoms with Crippen LogP contribution in [0.25, 0.3) is 0 Å². The molecule has 100 valence electrons. The van der Waals surface area contributed by atoms with Crippen molar-refractivity contribution < 1.29 is 9.53 Å². The molecule has 1 heterocycles. The molecular formula is C13H19ClN2O2. The molecule has 0 fully saturated rings. The Morgan fingerprint density at radius 1 is 1.33 bits per heavy atom. The maximum absolute atomic E-state index is 11.8. The average molecular weight is 271 g/mol. The van der Waals surface area contributed by atoms with E-state index in [0.29, 0.717) is 0 Å². The third-order valence-corrected chi connectivity index (χ3v) is 2.88. The van der Waals surface area contributed by atoms with Crippen LogP contribution in [0.15, 0.2) is 12.4 Å². The Balaban J connectivity index is 2.48. The predicted molar refractivity (Wildman–Crippen MR) is 70.7 cm³/mol. The number of hydrogen-bond acceptors (Lipinski definition) is 4. The fourth-order valence-electron chi connectivity index (χ4n) is 1.60. The number of rotatable bonds is 7. The van der Waals surface area contributed by atoms with Gasteiger partial charge in [0.15, 0.2) is 5.69 Å². The van der Waals surface area contributed by atoms with E-state index in [-0.39, 0.29) is 17.0 Å². The van der Waals surface area contributed by atoms with E-state index in [1.54, 1.807) is 0 Å². The molecule has 0 amide bonds. The summed E-state index contributed by atoms with van der Waals surface area (Å²) in [4.78, 5) is 19.5. The van der Waals surface area contributed by atoms with Crippen LogP contribution < -0.4 is 0 Å². The molecule has 0 radical (unpaired) electrons. The van der Waals surface area contributed by atoms with Gasteiger partial charge in [0.2, 0.25) is 0 Å². The van der Waals surface area contributed by atoms with Gasteiger partial charge in [-0.15, -0.1) is 0 Å². The number of nitrogens with zero attached hydrogens (tertiary/aromatic N) is 2. The Bertz CT molecular complexity index is 368. The highest BCUT2D eigenvalue weighted by molar-refractivity contribution is 6.29. The zero-order valence-corrected chi connectivity index (χ0v) is 11.6. The van der Waals surface area contributed by atoms with Gasteiger partial charge in [-0.2, -0.15) is 0 Å². The number of esters is 1. The smallest absolute Gasteiger partial charge is 0.358 e. The number of carbonyl (C=O) groups is 1. The van der Waals surface area contributed by atoms with E-state index in [1.807, 2.05) is 6.92 Å². The number of halogens is 1. The van der Waals surface area contributed by atoms with Gasteiger partial charge in [0.1, 0.15) is 11.3 Å². The van der Waals surface area contributed by atoms with Crippen LogP contribution >= 0.6 is 11.6 Å². The zero-order chi connectivity index (χ0) is 13.4. The Morgan fingerprint density at radius 2 is 2.11 bits per heavy atom. The van der Waals surface area contributed by atoms with Crippen LogP contribution in [0.5, 0.6) is 0 Å². The first-order valence-electron chi connectivity index (χ1n) is 6.35. The quantitative estimate of drug-likeness (QED) is 0.561. The Hall–Kier alpha value is -1.16. The van der Waals surface area contributed by atoms with Gasteiger partial charge in [0.05, 0.1) is 12.4 Å². The monoisotopic (exact) mass is 270 g/mol. The van der Waals surface area contributed by atoms with E-state index in [0.717, 1.165) is 32.1 Å². The molecule has 0 saturated heterocycles. The summed E-state index contributed by atoms with van der Waals surface area (Å²) in [6.45, 7) is 4.16. The molecule has 1 atom stereocenters. The van der Waals surface area contributed by atoms with Crippen LogP contribution in [0.1, 0.15) is 56.4 Å². The average Bonchev–Trinajstić information content (AvgIpc) is 2.38. The fourth-order valence-corrected chi connectivity index (χ4v) is 1.70. The van der Waals surface area contributed by atoms with E-state index in [1.165, 1.54) is 12.4 Å². The van der Waals surface area contributed by atoms with Crippen LogP contribution in [0.3, 0.4) is 0 Å². The second-order valence-corrected chi connectivity index (χ2v) is 4.54. The highest BCUT2D eigenvalue weighted by atomic mass is 35.5. The molecule has 1 rings (SSSR count). The third-order valence-electron chi connectivity index (χ3n) is 2.69. The lowest BCUT2D eigenvalue weighted by atomic mass is 10.1. The molecule has 0 spiro atoms. The van der Waals surface area contributed by atoms with Crippen molar-refractivity contribution in [1.82, 2.24) is 9.97 Å². The van der Waals surface area contributed by atoms with Gasteiger partial charge < -0.3 is 4.74 Å². The van der Waals surface area contributed by atoms with E-state index >= 15 is 0 Å². The molecule has 18 heavy (non-hydrogen) atoms. The van der Waals surface area contributed by atoms with Gasteiger partial charge in [0.25, 0.3) is 0 Å². The molecule has 0 aliphatic carbocycles. The lowest BCUT2D eigenvalue weighted by Gasteiger charge is -2.15. The van der Waals surface area contributed by atoms with Gasteiger partial charge in [-0.05, 0) is 19.3 Å². The van der Waals surface area contributed by atoms with Gasteiger partial charge in [0, 0.05) is 0 Å². The van der Waals surface area contributed by atoms with Gasteiger partial charge in [-0.3, -0.25) is 0 Å². The van der Waals surface area contributed by atoms with Crippen molar-refractivity contribution in [2.24, 2.45) is 0 Å². The molecule has 0 N–H and O–H groups in total. The second-order valence-electron chi connectivity index (χ2n) is 4.16. The first-order valence-corrected chi connectivity index (χ1v) is 6.73. The van der Waals surface area contributed by atoms with Crippen LogP contribution in [-0.4, -0.2) is 22.0 Å². The second kappa shape index (κ2) is 8.03. The van der Waals surface area contributed by atoms with Crippen molar-refractivity contribution >= 4 is 17.6 Å². The van der Waals surface area contributed by atoms with Crippen molar-refractivity contribution in [2.75, 3.05) is 0 Å². The van der Waals surface area contributed by atoms with E-state index in [9.17, 15) is 4.79 Å². The van der Waals surface area contributed by atoms with Gasteiger partial charge >= 0.3 is 5.97 Å². The van der Waals surface area contributed by atoms with Crippen LogP contribution in [0, 0.1) is 0 Å². The Labute approximate surface area is 113 Å². The maximum Gasteiger partial charge on any atom is 0.358 e. The SMILES string of the molecule is CCCCC[C@H](CC)OC(=O)c1cnc(Cl)cn1. The van der Waals surface area contributed by atoms with E-state index in [2.05, 4.69) is 16.9 Å². The Morgan fingerprint density at radius 3 is 2.67 bits per heavy atom. The zero-order valence-electron chi connectivity index (χ0n) is 10.9. The minimum atomic E-state index is -0.428. The van der Waals surface area contributed by atoms with Crippen molar-refractivity contribution in [3.8, 4) is 0 Å². The summed E-state index contributed by atoms with van der Waals surface area (Å²) in [7, 11) is 0. The van der Waals surface area contributed by atoms with Crippen LogP contribution in [0.2, 0.25) is 5.15 Å². The summed E-state index contributed by atoms with van der Waals surface area (Å²) in [5.41, 5.74) is 0.202. The molecule has 1 aromatic rings. The molecule has 5 heteroatoms. The number of aromatic nitrogens is 2. The first-order chi connectivity index (χ1) is 8.67. The number of ether oxygens (including phenoxy) is 1. The van der Waals surface area contributed by atoms with E-state index in [4.69, 9.17) is 16.3 Å². The summed E-state index contributed by atoms with van der Waals surface area (Å²) in [5.74, 6) is -0.428. The maximum atomic E-state index is 11.8. The Kier molecular flexibility index (Phi) is 6.65. The van der Waals surface area contributed by atoms with Crippen molar-refractivity contribution in [1.29, 1.82) is 0 Å². The summed E-state index contributed by atoms with van der Waals surface area (Å²) in [6, 6.07) is 0. The van der Waals surface area contributed by atoms with E-state index < -0.39 is 5.97 Å². The topological polar surface area (TPSA) is 52.1 Å². The minimum absolute atomic E-state index is 0.0403. The molecule has 4 nitrogen and oxygen atoms in total. The molecular weight excluding hydrogens is 252 g/mol. The summed E-state index contributed by atoms with van der Waals surface area (Å²) >= 11 is 5.61. The number of carbonyl (C=O) groups excluding carboxylic acids is 1. The minimum Gasteiger partial charge on any atom is -0.458 e. The van der Waals surface area contributed by atoms with Crippen LogP contribution in [0.4, 0.5) is 0 Å². The molecule has 0 aliphatic rings. The highest BCUT2D eigenvalue weighted by Gasteiger charge is 2.15. The fraction of sp³-hybridized carbons (Fsp3) is 0.615. The molecule has 0 aliphatic heterocycles. The van der Waals surface area contributed by atoms with Crippen molar-refractivity contribution in [3.63, 3.8) is 0 Å². The van der Waals surface area contributed by atoms with Crippen LogP contribution in [-0.2, 0) is 4.74 Å². The molecule has 0 unspecified atom stereocenters. The lowest BCUT2D eigenvalue weighted by Crippen LogP contribution is -2.18. The molecule has 1 aromatic heterocycles. The van der Waals surface area contributed by atoms with Gasteiger partial charge in [-0.25, -0.2) is 14.8 Å². The van der Waals surface area contributed by atoms with Crippen molar-refractivity contribution in [3.05, 3.63) is 23.2 Å². The number of hydrogen-bond donors (Lipinski definition) is 0. The third kappa shape index (κ3) is 5.00. The number of unbranched alkanes of at least 4 members (excludes halogenated alkanes) is 2.